The average Bonchev–Trinajstić information content (AvgIpc) is 2.66. The Balaban J connectivity index is 0.000000330. The van der Waals surface area contributed by atoms with Crippen LogP contribution in [0.25, 0.3) is 0 Å². The van der Waals surface area contributed by atoms with Crippen LogP contribution in [0.3, 0.4) is 0 Å². The second-order valence-corrected chi connectivity index (χ2v) is 5.08. The maximum Gasteiger partial charge on any atom is 0.0645 e. The SMILES string of the molecule is CC.CC.CN1CC2(CCN(C3COC3)C2)C1. The van der Waals surface area contributed by atoms with E-state index in [1.165, 1.54) is 32.6 Å². The van der Waals surface area contributed by atoms with E-state index in [1.807, 2.05) is 27.7 Å². The van der Waals surface area contributed by atoms with Crippen LogP contribution >= 0.6 is 0 Å². The molecule has 0 unspecified atom stereocenters. The molecule has 3 saturated heterocycles. The summed E-state index contributed by atoms with van der Waals surface area (Å²) in [7, 11) is 2.22. The minimum atomic E-state index is 0.671. The van der Waals surface area contributed by atoms with Crippen LogP contribution < -0.4 is 0 Å². The van der Waals surface area contributed by atoms with Crippen LogP contribution in [-0.4, -0.2) is 62.3 Å². The Morgan fingerprint density at radius 3 is 2.00 bits per heavy atom. The predicted molar refractivity (Wildman–Crippen MR) is 73.4 cm³/mol. The molecule has 0 saturated carbocycles. The van der Waals surface area contributed by atoms with Crippen LogP contribution in [-0.2, 0) is 4.74 Å². The lowest BCUT2D eigenvalue weighted by Gasteiger charge is -2.47. The third kappa shape index (κ3) is 3.21. The Bertz CT molecular complexity index is 210. The van der Waals surface area contributed by atoms with E-state index in [2.05, 4.69) is 16.8 Å². The summed E-state index contributed by atoms with van der Waals surface area (Å²) in [5, 5.41) is 0. The number of likely N-dealkylation sites (tertiary alicyclic amines) is 2. The zero-order valence-electron chi connectivity index (χ0n) is 12.3. The van der Waals surface area contributed by atoms with Gasteiger partial charge >= 0.3 is 0 Å². The molecule has 3 fully saturated rings. The lowest BCUT2D eigenvalue weighted by molar-refractivity contribution is -0.0668. The standard InChI is InChI=1S/C10H18N2O.2C2H6/c1-11-6-10(7-11)2-3-12(8-10)9-4-13-5-9;2*1-2/h9H,2-8H2,1H3;2*1-2H3. The minimum absolute atomic E-state index is 0.671. The Hall–Kier alpha value is -0.120. The van der Waals surface area contributed by atoms with Gasteiger partial charge < -0.3 is 9.64 Å². The first-order chi connectivity index (χ1) is 8.27. The van der Waals surface area contributed by atoms with Gasteiger partial charge in [0.1, 0.15) is 0 Å². The second kappa shape index (κ2) is 6.72. The lowest BCUT2D eigenvalue weighted by Crippen LogP contribution is -2.57. The first-order valence-electron chi connectivity index (χ1n) is 7.28. The van der Waals surface area contributed by atoms with E-state index in [-0.39, 0.29) is 0 Å². The van der Waals surface area contributed by atoms with Gasteiger partial charge in [-0.15, -0.1) is 0 Å². The molecule has 3 aliphatic heterocycles. The molecule has 3 heteroatoms. The van der Waals surface area contributed by atoms with Gasteiger partial charge in [-0.2, -0.15) is 0 Å². The second-order valence-electron chi connectivity index (χ2n) is 5.08. The molecule has 0 amide bonds. The molecule has 17 heavy (non-hydrogen) atoms. The zero-order valence-corrected chi connectivity index (χ0v) is 12.3. The van der Waals surface area contributed by atoms with Gasteiger partial charge in [-0.3, -0.25) is 4.90 Å². The maximum absolute atomic E-state index is 5.24. The summed E-state index contributed by atoms with van der Waals surface area (Å²) >= 11 is 0. The Kier molecular flexibility index (Phi) is 5.90. The van der Waals surface area contributed by atoms with E-state index in [1.54, 1.807) is 0 Å². The van der Waals surface area contributed by atoms with Crippen molar-refractivity contribution in [3.05, 3.63) is 0 Å². The molecule has 0 aromatic rings. The molecule has 3 aliphatic rings. The molecule has 0 radical (unpaired) electrons. The van der Waals surface area contributed by atoms with Crippen molar-refractivity contribution < 1.29 is 4.74 Å². The fourth-order valence-corrected chi connectivity index (χ4v) is 3.07. The monoisotopic (exact) mass is 242 g/mol. The van der Waals surface area contributed by atoms with Crippen molar-refractivity contribution in [2.45, 2.75) is 40.2 Å². The molecule has 0 aromatic carbocycles. The first-order valence-corrected chi connectivity index (χ1v) is 7.28. The van der Waals surface area contributed by atoms with Gasteiger partial charge in [-0.25, -0.2) is 0 Å². The molecule has 3 heterocycles. The third-order valence-corrected chi connectivity index (χ3v) is 3.82. The van der Waals surface area contributed by atoms with Crippen molar-refractivity contribution in [3.8, 4) is 0 Å². The quantitative estimate of drug-likeness (QED) is 0.700. The minimum Gasteiger partial charge on any atom is -0.378 e. The van der Waals surface area contributed by atoms with Crippen LogP contribution in [0.1, 0.15) is 34.1 Å². The van der Waals surface area contributed by atoms with Crippen LogP contribution in [0.15, 0.2) is 0 Å². The summed E-state index contributed by atoms with van der Waals surface area (Å²) in [6, 6.07) is 0.755. The van der Waals surface area contributed by atoms with Crippen LogP contribution in [0, 0.1) is 5.41 Å². The van der Waals surface area contributed by atoms with E-state index < -0.39 is 0 Å². The smallest absolute Gasteiger partial charge is 0.0645 e. The van der Waals surface area contributed by atoms with Crippen molar-refractivity contribution in [1.29, 1.82) is 0 Å². The van der Waals surface area contributed by atoms with Gasteiger partial charge in [0.25, 0.3) is 0 Å². The topological polar surface area (TPSA) is 15.7 Å². The van der Waals surface area contributed by atoms with Gasteiger partial charge in [0.15, 0.2) is 0 Å². The summed E-state index contributed by atoms with van der Waals surface area (Å²) in [6.07, 6.45) is 1.41. The molecule has 0 bridgehead atoms. The fourth-order valence-electron chi connectivity index (χ4n) is 3.07. The highest BCUT2D eigenvalue weighted by molar-refractivity contribution is 5.02. The molecule has 102 valence electrons. The number of hydrogen-bond donors (Lipinski definition) is 0. The highest BCUT2D eigenvalue weighted by Crippen LogP contribution is 2.39. The molecule has 0 aliphatic carbocycles. The van der Waals surface area contributed by atoms with Crippen molar-refractivity contribution in [2.75, 3.05) is 46.4 Å². The van der Waals surface area contributed by atoms with Gasteiger partial charge in [0.2, 0.25) is 0 Å². The Labute approximate surface area is 107 Å². The highest BCUT2D eigenvalue weighted by Gasteiger charge is 2.48. The average molecular weight is 242 g/mol. The number of hydrogen-bond acceptors (Lipinski definition) is 3. The van der Waals surface area contributed by atoms with Crippen molar-refractivity contribution >= 4 is 0 Å². The lowest BCUT2D eigenvalue weighted by atomic mass is 9.79. The zero-order chi connectivity index (χ0) is 12.9. The molecule has 0 atom stereocenters. The molecule has 0 N–H and O–H groups in total. The van der Waals surface area contributed by atoms with Gasteiger partial charge in [0.05, 0.1) is 19.3 Å². The molecule has 3 rings (SSSR count). The number of rotatable bonds is 1. The molecular formula is C14H30N2O. The third-order valence-electron chi connectivity index (χ3n) is 3.82. The van der Waals surface area contributed by atoms with E-state index >= 15 is 0 Å². The summed E-state index contributed by atoms with van der Waals surface area (Å²) in [4.78, 5) is 5.07. The summed E-state index contributed by atoms with van der Waals surface area (Å²) in [5.41, 5.74) is 0.671. The van der Waals surface area contributed by atoms with Gasteiger partial charge in [-0.1, -0.05) is 27.7 Å². The van der Waals surface area contributed by atoms with Crippen molar-refractivity contribution in [1.82, 2.24) is 9.80 Å². The van der Waals surface area contributed by atoms with E-state index in [0.717, 1.165) is 19.3 Å². The summed E-state index contributed by atoms with van der Waals surface area (Å²) in [6.45, 7) is 15.2. The Morgan fingerprint density at radius 2 is 1.59 bits per heavy atom. The predicted octanol–water partition coefficient (Wildman–Crippen LogP) is 2.08. The van der Waals surface area contributed by atoms with Gasteiger partial charge in [-0.05, 0) is 20.0 Å². The summed E-state index contributed by atoms with van der Waals surface area (Å²) < 4.78 is 5.24. The maximum atomic E-state index is 5.24. The number of ether oxygens (including phenoxy) is 1. The van der Waals surface area contributed by atoms with Crippen LogP contribution in [0.2, 0.25) is 0 Å². The van der Waals surface area contributed by atoms with E-state index in [0.29, 0.717) is 5.41 Å². The van der Waals surface area contributed by atoms with Crippen molar-refractivity contribution in [3.63, 3.8) is 0 Å². The molecule has 0 aromatic heterocycles. The molecular weight excluding hydrogens is 212 g/mol. The van der Waals surface area contributed by atoms with Crippen LogP contribution in [0.4, 0.5) is 0 Å². The fraction of sp³-hybridized carbons (Fsp3) is 1.00. The van der Waals surface area contributed by atoms with Crippen LogP contribution in [0.5, 0.6) is 0 Å². The Morgan fingerprint density at radius 1 is 1.00 bits per heavy atom. The first kappa shape index (κ1) is 14.9. The highest BCUT2D eigenvalue weighted by atomic mass is 16.5. The van der Waals surface area contributed by atoms with Gasteiger partial charge in [0, 0.05) is 25.0 Å². The van der Waals surface area contributed by atoms with Crippen molar-refractivity contribution in [2.24, 2.45) is 5.41 Å². The van der Waals surface area contributed by atoms with E-state index in [9.17, 15) is 0 Å². The summed E-state index contributed by atoms with van der Waals surface area (Å²) in [5.74, 6) is 0. The molecule has 3 nitrogen and oxygen atoms in total. The van der Waals surface area contributed by atoms with E-state index in [4.69, 9.17) is 4.74 Å². The number of nitrogens with zero attached hydrogens (tertiary/aromatic N) is 2. The normalized spacial score (nSPS) is 27.4. The molecule has 1 spiro atoms. The largest absolute Gasteiger partial charge is 0.378 e.